The maximum absolute atomic E-state index is 12.9. The molecule has 1 spiro atoms. The Labute approximate surface area is 165 Å². The molecule has 3 heterocycles. The second-order valence-electron chi connectivity index (χ2n) is 7.96. The van der Waals surface area contributed by atoms with Crippen molar-refractivity contribution in [3.05, 3.63) is 41.5 Å². The number of hydrogen-bond acceptors (Lipinski definition) is 5. The lowest BCUT2D eigenvalue weighted by Gasteiger charge is -2.44. The minimum atomic E-state index is -0.254. The SMILES string of the molecule is Cc1nc(C)n(C(C)CC(=O)NC2CC3(CCOCC3)Oc3ccccc32)n1. The predicted octanol–water partition coefficient (Wildman–Crippen LogP) is 3.04. The number of amides is 1. The first-order chi connectivity index (χ1) is 13.5. The van der Waals surface area contributed by atoms with Crippen molar-refractivity contribution in [3.63, 3.8) is 0 Å². The van der Waals surface area contributed by atoms with Crippen LogP contribution < -0.4 is 10.1 Å². The predicted molar refractivity (Wildman–Crippen MR) is 104 cm³/mol. The normalized spacial score (nSPS) is 21.6. The molecule has 2 atom stereocenters. The van der Waals surface area contributed by atoms with Gasteiger partial charge in [0, 0.05) is 31.2 Å². The van der Waals surface area contributed by atoms with Gasteiger partial charge in [0.25, 0.3) is 0 Å². The first kappa shape index (κ1) is 18.9. The van der Waals surface area contributed by atoms with Crippen LogP contribution in [0.5, 0.6) is 5.75 Å². The third-order valence-electron chi connectivity index (χ3n) is 5.74. The van der Waals surface area contributed by atoms with Gasteiger partial charge in [-0.3, -0.25) is 4.79 Å². The van der Waals surface area contributed by atoms with Gasteiger partial charge in [-0.2, -0.15) is 5.10 Å². The topological polar surface area (TPSA) is 78.3 Å². The Morgan fingerprint density at radius 3 is 2.79 bits per heavy atom. The number of ether oxygens (including phenoxy) is 2. The van der Waals surface area contributed by atoms with Gasteiger partial charge >= 0.3 is 0 Å². The summed E-state index contributed by atoms with van der Waals surface area (Å²) in [6.45, 7) is 7.18. The highest BCUT2D eigenvalue weighted by atomic mass is 16.5. The molecular weight excluding hydrogens is 356 g/mol. The van der Waals surface area contributed by atoms with E-state index in [1.165, 1.54) is 0 Å². The van der Waals surface area contributed by atoms with Gasteiger partial charge in [-0.25, -0.2) is 9.67 Å². The van der Waals surface area contributed by atoms with E-state index >= 15 is 0 Å². The monoisotopic (exact) mass is 384 g/mol. The van der Waals surface area contributed by atoms with E-state index in [9.17, 15) is 4.79 Å². The van der Waals surface area contributed by atoms with E-state index < -0.39 is 0 Å². The van der Waals surface area contributed by atoms with Gasteiger partial charge in [0.2, 0.25) is 5.91 Å². The van der Waals surface area contributed by atoms with Crippen LogP contribution in [-0.4, -0.2) is 39.5 Å². The molecule has 2 aromatic rings. The molecule has 0 aliphatic carbocycles. The molecule has 1 aromatic carbocycles. The Kier molecular flexibility index (Phi) is 5.10. The quantitative estimate of drug-likeness (QED) is 0.877. The standard InChI is InChI=1S/C21H28N4O3/c1-14(25-16(3)22-15(2)24-25)12-20(26)23-18-13-21(8-10-27-11-9-21)28-19-7-5-4-6-17(18)19/h4-7,14,18H,8-13H2,1-3H3,(H,23,26). The number of aromatic nitrogens is 3. The molecule has 1 fully saturated rings. The molecular formula is C21H28N4O3. The maximum atomic E-state index is 12.9. The van der Waals surface area contributed by atoms with Crippen molar-refractivity contribution in [1.29, 1.82) is 0 Å². The fourth-order valence-corrected chi connectivity index (χ4v) is 4.36. The fourth-order valence-electron chi connectivity index (χ4n) is 4.36. The summed E-state index contributed by atoms with van der Waals surface area (Å²) in [4.78, 5) is 17.2. The third kappa shape index (κ3) is 3.76. The highest BCUT2D eigenvalue weighted by Gasteiger charge is 2.42. The van der Waals surface area contributed by atoms with Crippen molar-refractivity contribution >= 4 is 5.91 Å². The molecule has 0 radical (unpaired) electrons. The van der Waals surface area contributed by atoms with Gasteiger partial charge in [0.1, 0.15) is 23.0 Å². The summed E-state index contributed by atoms with van der Waals surface area (Å²) < 4.78 is 13.7. The van der Waals surface area contributed by atoms with Crippen LogP contribution in [0.15, 0.2) is 24.3 Å². The molecule has 0 bridgehead atoms. The number of aryl methyl sites for hydroxylation is 2. The Hall–Kier alpha value is -2.41. The van der Waals surface area contributed by atoms with Crippen LogP contribution in [0.4, 0.5) is 0 Å². The largest absolute Gasteiger partial charge is 0.487 e. The zero-order valence-corrected chi connectivity index (χ0v) is 16.8. The average Bonchev–Trinajstić information content (AvgIpc) is 3.00. The van der Waals surface area contributed by atoms with Gasteiger partial charge in [-0.05, 0) is 26.8 Å². The molecule has 1 saturated heterocycles. The van der Waals surface area contributed by atoms with E-state index in [0.717, 1.165) is 42.2 Å². The lowest BCUT2D eigenvalue weighted by Crippen LogP contribution is -2.48. The van der Waals surface area contributed by atoms with Crippen molar-refractivity contribution in [1.82, 2.24) is 20.1 Å². The van der Waals surface area contributed by atoms with Crippen molar-refractivity contribution in [2.24, 2.45) is 0 Å². The van der Waals surface area contributed by atoms with E-state index in [1.54, 1.807) is 0 Å². The number of carbonyl (C=O) groups is 1. The summed E-state index contributed by atoms with van der Waals surface area (Å²) in [7, 11) is 0. The van der Waals surface area contributed by atoms with E-state index in [0.29, 0.717) is 19.6 Å². The molecule has 150 valence electrons. The van der Waals surface area contributed by atoms with Crippen LogP contribution in [0.1, 0.15) is 61.9 Å². The van der Waals surface area contributed by atoms with Crippen molar-refractivity contribution in [2.75, 3.05) is 13.2 Å². The number of para-hydroxylation sites is 1. The molecule has 7 nitrogen and oxygen atoms in total. The molecule has 7 heteroatoms. The lowest BCUT2D eigenvalue weighted by atomic mass is 9.82. The average molecular weight is 384 g/mol. The fraction of sp³-hybridized carbons (Fsp3) is 0.571. The second-order valence-corrected chi connectivity index (χ2v) is 7.96. The highest BCUT2D eigenvalue weighted by molar-refractivity contribution is 5.77. The Morgan fingerprint density at radius 1 is 1.32 bits per heavy atom. The number of carbonyl (C=O) groups excluding carboxylic acids is 1. The minimum Gasteiger partial charge on any atom is -0.487 e. The molecule has 1 amide bonds. The number of nitrogens with zero attached hydrogens (tertiary/aromatic N) is 3. The zero-order chi connectivity index (χ0) is 19.7. The number of fused-ring (bicyclic) bond motifs is 1. The second kappa shape index (κ2) is 7.54. The van der Waals surface area contributed by atoms with Crippen LogP contribution in [0.2, 0.25) is 0 Å². The van der Waals surface area contributed by atoms with Crippen LogP contribution >= 0.6 is 0 Å². The minimum absolute atomic E-state index is 0.0176. The summed E-state index contributed by atoms with van der Waals surface area (Å²) in [5.41, 5.74) is 0.795. The van der Waals surface area contributed by atoms with E-state index in [2.05, 4.69) is 15.4 Å². The van der Waals surface area contributed by atoms with E-state index in [4.69, 9.17) is 9.47 Å². The Bertz CT molecular complexity index is 857. The van der Waals surface area contributed by atoms with Gasteiger partial charge in [0.05, 0.1) is 25.3 Å². The van der Waals surface area contributed by atoms with Gasteiger partial charge in [-0.15, -0.1) is 0 Å². The van der Waals surface area contributed by atoms with Crippen LogP contribution in [0.25, 0.3) is 0 Å². The first-order valence-corrected chi connectivity index (χ1v) is 10.0. The summed E-state index contributed by atoms with van der Waals surface area (Å²) in [6, 6.07) is 7.91. The number of nitrogens with one attached hydrogen (secondary N) is 1. The molecule has 28 heavy (non-hydrogen) atoms. The third-order valence-corrected chi connectivity index (χ3v) is 5.74. The molecule has 4 rings (SSSR count). The molecule has 1 N–H and O–H groups in total. The summed E-state index contributed by atoms with van der Waals surface area (Å²) in [6.07, 6.45) is 2.83. The molecule has 2 unspecified atom stereocenters. The van der Waals surface area contributed by atoms with Crippen molar-refractivity contribution in [2.45, 2.75) is 64.1 Å². The molecule has 2 aliphatic heterocycles. The summed E-state index contributed by atoms with van der Waals surface area (Å²) in [5.74, 6) is 2.45. The number of rotatable bonds is 4. The van der Waals surface area contributed by atoms with Crippen LogP contribution in [0, 0.1) is 13.8 Å². The molecule has 1 aromatic heterocycles. The van der Waals surface area contributed by atoms with E-state index in [-0.39, 0.29) is 23.6 Å². The van der Waals surface area contributed by atoms with E-state index in [1.807, 2.05) is 49.7 Å². The van der Waals surface area contributed by atoms with Crippen molar-refractivity contribution in [3.8, 4) is 5.75 Å². The Balaban J connectivity index is 1.49. The summed E-state index contributed by atoms with van der Waals surface area (Å²) >= 11 is 0. The maximum Gasteiger partial charge on any atom is 0.222 e. The van der Waals surface area contributed by atoms with Crippen LogP contribution in [0.3, 0.4) is 0 Å². The summed E-state index contributed by atoms with van der Waals surface area (Å²) in [5, 5.41) is 7.66. The van der Waals surface area contributed by atoms with Crippen LogP contribution in [-0.2, 0) is 9.53 Å². The highest BCUT2D eigenvalue weighted by Crippen LogP contribution is 2.43. The Morgan fingerprint density at radius 2 is 2.07 bits per heavy atom. The molecule has 0 saturated carbocycles. The van der Waals surface area contributed by atoms with Gasteiger partial charge in [0.15, 0.2) is 0 Å². The molecule has 2 aliphatic rings. The zero-order valence-electron chi connectivity index (χ0n) is 16.8. The number of hydrogen-bond donors (Lipinski definition) is 1. The smallest absolute Gasteiger partial charge is 0.222 e. The first-order valence-electron chi connectivity index (χ1n) is 10.0. The van der Waals surface area contributed by atoms with Gasteiger partial charge < -0.3 is 14.8 Å². The van der Waals surface area contributed by atoms with Crippen molar-refractivity contribution < 1.29 is 14.3 Å². The lowest BCUT2D eigenvalue weighted by molar-refractivity contribution is -0.123. The number of benzene rings is 1. The van der Waals surface area contributed by atoms with Gasteiger partial charge in [-0.1, -0.05) is 18.2 Å².